The molecule has 0 saturated heterocycles. The number of aromatic amines is 1. The van der Waals surface area contributed by atoms with Crippen LogP contribution in [0.25, 0.3) is 0 Å². The molecule has 2 rings (SSSR count). The Morgan fingerprint density at radius 3 is 2.80 bits per heavy atom. The summed E-state index contributed by atoms with van der Waals surface area (Å²) >= 11 is 0.666. The molecule has 0 unspecified atom stereocenters. The normalized spacial score (nSPS) is 11.9. The van der Waals surface area contributed by atoms with Crippen LogP contribution >= 0.6 is 11.3 Å². The molecule has 0 amide bonds. The molecule has 9 nitrogen and oxygen atoms in total. The van der Waals surface area contributed by atoms with E-state index in [1.807, 2.05) is 0 Å². The Morgan fingerprint density at radius 2 is 2.30 bits per heavy atom. The van der Waals surface area contributed by atoms with Crippen LogP contribution in [0.15, 0.2) is 22.7 Å². The molecule has 0 atom stereocenters. The zero-order valence-corrected chi connectivity index (χ0v) is 11.9. The number of aromatic nitrogens is 2. The van der Waals surface area contributed by atoms with E-state index in [4.69, 9.17) is 5.73 Å². The summed E-state index contributed by atoms with van der Waals surface area (Å²) in [5, 5.41) is 10.6. The second-order valence-corrected chi connectivity index (χ2v) is 7.22. The predicted octanol–water partition coefficient (Wildman–Crippen LogP) is 0.782. The van der Waals surface area contributed by atoms with E-state index in [0.717, 1.165) is 10.4 Å². The predicted molar refractivity (Wildman–Crippen MR) is 72.6 cm³/mol. The van der Waals surface area contributed by atoms with Crippen molar-refractivity contribution in [1.29, 1.82) is 0 Å². The zero-order chi connectivity index (χ0) is 14.9. The molecule has 0 aliphatic carbocycles. The molecule has 0 aliphatic rings. The molecular weight excluding hydrogens is 306 g/mol. The van der Waals surface area contributed by atoms with Crippen LogP contribution in [0.2, 0.25) is 0 Å². The average molecular weight is 317 g/mol. The maximum Gasteiger partial charge on any atom is 0.304 e. The Kier molecular flexibility index (Phi) is 3.74. The summed E-state index contributed by atoms with van der Waals surface area (Å²) in [6.07, 6.45) is 3.08. The number of H-pyrrole nitrogens is 1. The van der Waals surface area contributed by atoms with Crippen molar-refractivity contribution < 1.29 is 13.3 Å². The van der Waals surface area contributed by atoms with Crippen LogP contribution in [0.5, 0.6) is 0 Å². The number of hydrogen-bond donors (Lipinski definition) is 2. The van der Waals surface area contributed by atoms with Gasteiger partial charge in [0.15, 0.2) is 5.00 Å². The summed E-state index contributed by atoms with van der Waals surface area (Å²) < 4.78 is 25.4. The minimum atomic E-state index is -3.84. The van der Waals surface area contributed by atoms with E-state index in [-0.39, 0.29) is 15.8 Å². The van der Waals surface area contributed by atoms with Crippen molar-refractivity contribution in [3.63, 3.8) is 0 Å². The van der Waals surface area contributed by atoms with Crippen molar-refractivity contribution in [3.8, 4) is 0 Å². The van der Waals surface area contributed by atoms with Crippen molar-refractivity contribution >= 4 is 32.0 Å². The fraction of sp³-hybridized carbons (Fsp3) is 0.222. The highest BCUT2D eigenvalue weighted by Crippen LogP contribution is 2.35. The van der Waals surface area contributed by atoms with Crippen molar-refractivity contribution in [3.05, 3.63) is 34.4 Å². The van der Waals surface area contributed by atoms with Crippen molar-refractivity contribution in [2.24, 2.45) is 0 Å². The van der Waals surface area contributed by atoms with Crippen LogP contribution in [0.3, 0.4) is 0 Å². The number of nitrogens with one attached hydrogen (secondary N) is 1. The molecule has 108 valence electrons. The molecule has 0 aliphatic heterocycles. The number of thiophene rings is 1. The first-order chi connectivity index (χ1) is 9.32. The van der Waals surface area contributed by atoms with Crippen molar-refractivity contribution in [1.82, 2.24) is 14.3 Å². The zero-order valence-electron chi connectivity index (χ0n) is 10.3. The Hall–Kier alpha value is -1.98. The lowest BCUT2D eigenvalue weighted by Crippen LogP contribution is -2.26. The van der Waals surface area contributed by atoms with Gasteiger partial charge in [-0.25, -0.2) is 13.4 Å². The molecule has 0 spiro atoms. The molecule has 0 saturated carbocycles. The van der Waals surface area contributed by atoms with Crippen LogP contribution < -0.4 is 5.73 Å². The van der Waals surface area contributed by atoms with E-state index in [2.05, 4.69) is 9.97 Å². The number of sulfonamides is 1. The third-order valence-corrected chi connectivity index (χ3v) is 5.71. The first-order valence-corrected chi connectivity index (χ1v) is 7.56. The molecule has 0 fully saturated rings. The van der Waals surface area contributed by atoms with Crippen LogP contribution in [0.4, 0.5) is 10.7 Å². The van der Waals surface area contributed by atoms with Gasteiger partial charge in [-0.3, -0.25) is 10.1 Å². The highest BCUT2D eigenvalue weighted by atomic mass is 32.2. The third kappa shape index (κ3) is 2.64. The summed E-state index contributed by atoms with van der Waals surface area (Å²) in [6, 6.07) is 0.966. The summed E-state index contributed by atoms with van der Waals surface area (Å²) in [5.74, 6) is 0.468. The molecule has 3 N–H and O–H groups in total. The number of nitrogen functional groups attached to an aromatic ring is 1. The molecule has 2 aromatic rings. The van der Waals surface area contributed by atoms with E-state index in [9.17, 15) is 18.5 Å². The molecule has 0 aromatic carbocycles. The lowest BCUT2D eigenvalue weighted by atomic mass is 10.5. The van der Waals surface area contributed by atoms with E-state index in [1.54, 1.807) is 6.20 Å². The number of nitro groups is 1. The molecular formula is C9H11N5O4S2. The van der Waals surface area contributed by atoms with Gasteiger partial charge in [-0.1, -0.05) is 11.3 Å². The Labute approximate surface area is 118 Å². The molecule has 2 heterocycles. The van der Waals surface area contributed by atoms with E-state index >= 15 is 0 Å². The van der Waals surface area contributed by atoms with E-state index in [1.165, 1.54) is 13.2 Å². The van der Waals surface area contributed by atoms with Gasteiger partial charge in [0.2, 0.25) is 0 Å². The Balaban J connectivity index is 2.30. The van der Waals surface area contributed by atoms with Crippen molar-refractivity contribution in [2.45, 2.75) is 10.8 Å². The molecule has 0 bridgehead atoms. The number of rotatable bonds is 5. The number of hydrogen-bond acceptors (Lipinski definition) is 7. The summed E-state index contributed by atoms with van der Waals surface area (Å²) in [7, 11) is -2.48. The van der Waals surface area contributed by atoms with E-state index < -0.39 is 20.6 Å². The Morgan fingerprint density at radius 1 is 1.60 bits per heavy atom. The summed E-state index contributed by atoms with van der Waals surface area (Å²) in [4.78, 5) is 16.7. The highest BCUT2D eigenvalue weighted by Gasteiger charge is 2.28. The first kappa shape index (κ1) is 14.4. The molecule has 20 heavy (non-hydrogen) atoms. The smallest absolute Gasteiger partial charge is 0.304 e. The Bertz CT molecular complexity index is 722. The summed E-state index contributed by atoms with van der Waals surface area (Å²) in [6.45, 7) is 0.0287. The largest absolute Gasteiger partial charge is 0.385 e. The van der Waals surface area contributed by atoms with Crippen LogP contribution in [-0.4, -0.2) is 34.7 Å². The number of anilines is 1. The fourth-order valence-electron chi connectivity index (χ4n) is 1.48. The summed E-state index contributed by atoms with van der Waals surface area (Å²) in [5.41, 5.74) is 5.05. The fourth-order valence-corrected chi connectivity index (χ4v) is 4.03. The van der Waals surface area contributed by atoms with Crippen LogP contribution in [-0.2, 0) is 16.6 Å². The van der Waals surface area contributed by atoms with Gasteiger partial charge in [0, 0.05) is 25.5 Å². The average Bonchev–Trinajstić information content (AvgIpc) is 2.98. The van der Waals surface area contributed by atoms with E-state index in [0.29, 0.717) is 17.2 Å². The van der Waals surface area contributed by atoms with Crippen molar-refractivity contribution in [2.75, 3.05) is 12.8 Å². The first-order valence-electron chi connectivity index (χ1n) is 5.30. The quantitative estimate of drug-likeness (QED) is 0.618. The lowest BCUT2D eigenvalue weighted by molar-refractivity contribution is -0.383. The molecule has 11 heteroatoms. The van der Waals surface area contributed by atoms with Crippen LogP contribution in [0, 0.1) is 10.1 Å². The van der Waals surface area contributed by atoms with Crippen LogP contribution in [0.1, 0.15) is 5.82 Å². The monoisotopic (exact) mass is 317 g/mol. The van der Waals surface area contributed by atoms with Gasteiger partial charge in [0.1, 0.15) is 10.0 Å². The minimum absolute atomic E-state index is 0.0287. The van der Waals surface area contributed by atoms with Gasteiger partial charge in [-0.2, -0.15) is 4.31 Å². The molecule has 0 radical (unpaired) electrons. The maximum atomic E-state index is 12.3. The number of nitrogens with zero attached hydrogens (tertiary/aromatic N) is 3. The van der Waals surface area contributed by atoms with Gasteiger partial charge in [-0.05, 0) is 0 Å². The topological polar surface area (TPSA) is 135 Å². The third-order valence-electron chi connectivity index (χ3n) is 2.51. The standard InChI is InChI=1S/C9H11N5O4S2/c1-13(5-7-11-2-3-12-7)20(17,18)8-4-6(14(15)16)9(10)19-8/h2-4H,5,10H2,1H3,(H,11,12). The minimum Gasteiger partial charge on any atom is -0.385 e. The number of nitrogens with two attached hydrogens (primary N) is 1. The maximum absolute atomic E-state index is 12.3. The van der Waals surface area contributed by atoms with Gasteiger partial charge in [-0.15, -0.1) is 0 Å². The van der Waals surface area contributed by atoms with Gasteiger partial charge < -0.3 is 10.7 Å². The highest BCUT2D eigenvalue weighted by molar-refractivity contribution is 7.91. The lowest BCUT2D eigenvalue weighted by Gasteiger charge is -2.13. The second kappa shape index (κ2) is 5.19. The molecule has 2 aromatic heterocycles. The van der Waals surface area contributed by atoms with Gasteiger partial charge in [0.05, 0.1) is 11.5 Å². The SMILES string of the molecule is CN(Cc1ncc[nH]1)S(=O)(=O)c1cc([N+](=O)[O-])c(N)s1. The number of imidazole rings is 1. The van der Waals surface area contributed by atoms with Gasteiger partial charge in [0.25, 0.3) is 10.0 Å². The second-order valence-electron chi connectivity index (χ2n) is 3.87. The van der Waals surface area contributed by atoms with Gasteiger partial charge >= 0.3 is 5.69 Å².